The third-order valence-electron chi connectivity index (χ3n) is 3.59. The summed E-state index contributed by atoms with van der Waals surface area (Å²) >= 11 is 0. The van der Waals surface area contributed by atoms with E-state index in [2.05, 4.69) is 10.1 Å². The number of aromatic nitrogens is 2. The van der Waals surface area contributed by atoms with Gasteiger partial charge in [-0.2, -0.15) is 4.98 Å². The fourth-order valence-corrected chi connectivity index (χ4v) is 2.17. The zero-order chi connectivity index (χ0) is 17.1. The summed E-state index contributed by atoms with van der Waals surface area (Å²) in [5.41, 5.74) is 2.34. The van der Waals surface area contributed by atoms with Gasteiger partial charge in [0, 0.05) is 5.56 Å². The maximum Gasteiger partial charge on any atom is 0.338 e. The van der Waals surface area contributed by atoms with Crippen molar-refractivity contribution in [2.45, 2.75) is 20.5 Å². The first-order valence-corrected chi connectivity index (χ1v) is 7.36. The topological polar surface area (TPSA) is 65.2 Å². The van der Waals surface area contributed by atoms with Crippen LogP contribution < -0.4 is 0 Å². The monoisotopic (exact) mass is 326 g/mol. The van der Waals surface area contributed by atoms with E-state index in [4.69, 9.17) is 9.26 Å². The van der Waals surface area contributed by atoms with Gasteiger partial charge in [0.25, 0.3) is 5.89 Å². The summed E-state index contributed by atoms with van der Waals surface area (Å²) < 4.78 is 23.8. The van der Waals surface area contributed by atoms with E-state index in [9.17, 15) is 9.18 Å². The number of carbonyl (C=O) groups excluding carboxylic acids is 1. The summed E-state index contributed by atoms with van der Waals surface area (Å²) in [7, 11) is 0. The Kier molecular flexibility index (Phi) is 4.37. The fraction of sp³-hybridized carbons (Fsp3) is 0.167. The predicted molar refractivity (Wildman–Crippen MR) is 84.7 cm³/mol. The molecule has 0 aliphatic carbocycles. The van der Waals surface area contributed by atoms with Gasteiger partial charge in [-0.3, -0.25) is 0 Å². The van der Waals surface area contributed by atoms with Gasteiger partial charge in [0.2, 0.25) is 5.82 Å². The molecule has 0 aliphatic rings. The van der Waals surface area contributed by atoms with E-state index in [-0.39, 0.29) is 24.1 Å². The van der Waals surface area contributed by atoms with Gasteiger partial charge in [0.05, 0.1) is 5.56 Å². The molecule has 0 aliphatic heterocycles. The van der Waals surface area contributed by atoms with Crippen molar-refractivity contribution in [3.05, 3.63) is 70.9 Å². The Balaban J connectivity index is 1.69. The smallest absolute Gasteiger partial charge is 0.338 e. The van der Waals surface area contributed by atoms with Crippen molar-refractivity contribution >= 4 is 5.97 Å². The quantitative estimate of drug-likeness (QED) is 0.681. The molecular weight excluding hydrogens is 311 g/mol. The molecule has 24 heavy (non-hydrogen) atoms. The van der Waals surface area contributed by atoms with Gasteiger partial charge in [-0.05, 0) is 37.1 Å². The molecule has 0 unspecified atom stereocenters. The lowest BCUT2D eigenvalue weighted by atomic mass is 10.1. The van der Waals surface area contributed by atoms with E-state index in [1.54, 1.807) is 31.2 Å². The van der Waals surface area contributed by atoms with Gasteiger partial charge in [-0.15, -0.1) is 0 Å². The molecule has 5 nitrogen and oxygen atoms in total. The molecule has 0 radical (unpaired) electrons. The number of rotatable bonds is 4. The van der Waals surface area contributed by atoms with Gasteiger partial charge < -0.3 is 9.26 Å². The number of aryl methyl sites for hydroxylation is 2. The minimum Gasteiger partial charge on any atom is -0.452 e. The van der Waals surface area contributed by atoms with Crippen LogP contribution in [0, 0.1) is 19.7 Å². The molecule has 122 valence electrons. The van der Waals surface area contributed by atoms with Gasteiger partial charge in [0.15, 0.2) is 6.61 Å². The predicted octanol–water partition coefficient (Wildman–Crippen LogP) is 3.85. The second-order valence-corrected chi connectivity index (χ2v) is 5.37. The summed E-state index contributed by atoms with van der Waals surface area (Å²) in [6.45, 7) is 3.35. The Morgan fingerprint density at radius 3 is 2.71 bits per heavy atom. The molecule has 1 aromatic heterocycles. The standard InChI is InChI=1S/C18H15FN2O3/c1-11-5-3-4-6-14(11)18(22)23-10-16-20-17(21-24-16)13-8-7-12(2)15(19)9-13/h3-9H,10H2,1-2H3. The number of ether oxygens (including phenoxy) is 1. The van der Waals surface area contributed by atoms with Gasteiger partial charge >= 0.3 is 5.97 Å². The average molecular weight is 326 g/mol. The maximum atomic E-state index is 13.6. The number of halogens is 1. The number of benzene rings is 2. The van der Waals surface area contributed by atoms with Crippen molar-refractivity contribution < 1.29 is 18.4 Å². The third kappa shape index (κ3) is 3.32. The third-order valence-corrected chi connectivity index (χ3v) is 3.59. The van der Waals surface area contributed by atoms with Crippen LogP contribution in [0.1, 0.15) is 27.4 Å². The van der Waals surface area contributed by atoms with Crippen molar-refractivity contribution in [3.63, 3.8) is 0 Å². The number of nitrogens with zero attached hydrogens (tertiary/aromatic N) is 2. The van der Waals surface area contributed by atoms with Crippen molar-refractivity contribution in [2.24, 2.45) is 0 Å². The largest absolute Gasteiger partial charge is 0.452 e. The zero-order valence-electron chi connectivity index (χ0n) is 13.2. The number of carbonyl (C=O) groups is 1. The van der Waals surface area contributed by atoms with E-state index in [0.29, 0.717) is 16.7 Å². The second kappa shape index (κ2) is 6.62. The van der Waals surface area contributed by atoms with E-state index >= 15 is 0 Å². The van der Waals surface area contributed by atoms with Crippen LogP contribution in [0.2, 0.25) is 0 Å². The summed E-state index contributed by atoms with van der Waals surface area (Å²) in [5.74, 6) is -0.414. The SMILES string of the molecule is Cc1ccc(-c2noc(COC(=O)c3ccccc3C)n2)cc1F. The van der Waals surface area contributed by atoms with E-state index in [0.717, 1.165) is 5.56 Å². The van der Waals surface area contributed by atoms with E-state index in [1.807, 2.05) is 19.1 Å². The minimum atomic E-state index is -0.464. The van der Waals surface area contributed by atoms with Gasteiger partial charge in [-0.25, -0.2) is 9.18 Å². The van der Waals surface area contributed by atoms with Crippen LogP contribution in [0.15, 0.2) is 47.0 Å². The van der Waals surface area contributed by atoms with Crippen molar-refractivity contribution in [2.75, 3.05) is 0 Å². The highest BCUT2D eigenvalue weighted by Crippen LogP contribution is 2.19. The van der Waals surface area contributed by atoms with E-state index < -0.39 is 5.97 Å². The minimum absolute atomic E-state index is 0.144. The first-order valence-electron chi connectivity index (χ1n) is 7.36. The van der Waals surface area contributed by atoms with Crippen LogP contribution >= 0.6 is 0 Å². The molecular formula is C18H15FN2O3. The van der Waals surface area contributed by atoms with E-state index in [1.165, 1.54) is 6.07 Å². The summed E-state index contributed by atoms with van der Waals surface area (Å²) in [5, 5.41) is 3.78. The fourth-order valence-electron chi connectivity index (χ4n) is 2.17. The lowest BCUT2D eigenvalue weighted by Crippen LogP contribution is -2.07. The molecule has 6 heteroatoms. The molecule has 0 spiro atoms. The Labute approximate surface area is 138 Å². The van der Waals surface area contributed by atoms with Crippen LogP contribution in [0.3, 0.4) is 0 Å². The van der Waals surface area contributed by atoms with Crippen LogP contribution in [-0.4, -0.2) is 16.1 Å². The van der Waals surface area contributed by atoms with Crippen molar-refractivity contribution in [3.8, 4) is 11.4 Å². The Hall–Kier alpha value is -3.02. The zero-order valence-corrected chi connectivity index (χ0v) is 13.2. The van der Waals surface area contributed by atoms with Gasteiger partial charge in [-0.1, -0.05) is 35.5 Å². The molecule has 2 aromatic carbocycles. The lowest BCUT2D eigenvalue weighted by Gasteiger charge is -2.04. The number of esters is 1. The maximum absolute atomic E-state index is 13.6. The first kappa shape index (κ1) is 15.9. The molecule has 0 saturated heterocycles. The molecule has 0 saturated carbocycles. The van der Waals surface area contributed by atoms with Crippen LogP contribution in [0.25, 0.3) is 11.4 Å². The molecule has 0 atom stereocenters. The number of hydrogen-bond acceptors (Lipinski definition) is 5. The summed E-state index contributed by atoms with van der Waals surface area (Å²) in [6.07, 6.45) is 0. The Bertz CT molecular complexity index is 889. The van der Waals surface area contributed by atoms with Crippen molar-refractivity contribution in [1.29, 1.82) is 0 Å². The molecule has 0 fully saturated rings. The number of hydrogen-bond donors (Lipinski definition) is 0. The van der Waals surface area contributed by atoms with Crippen LogP contribution in [0.4, 0.5) is 4.39 Å². The van der Waals surface area contributed by atoms with Gasteiger partial charge in [0.1, 0.15) is 5.82 Å². The molecule has 3 rings (SSSR count). The normalized spacial score (nSPS) is 10.6. The molecule has 0 amide bonds. The molecule has 0 N–H and O–H groups in total. The first-order chi connectivity index (χ1) is 11.5. The van der Waals surface area contributed by atoms with Crippen LogP contribution in [0.5, 0.6) is 0 Å². The summed E-state index contributed by atoms with van der Waals surface area (Å²) in [6, 6.07) is 11.8. The molecule has 0 bridgehead atoms. The lowest BCUT2D eigenvalue weighted by molar-refractivity contribution is 0.0429. The van der Waals surface area contributed by atoms with Crippen LogP contribution in [-0.2, 0) is 11.3 Å². The average Bonchev–Trinajstić information content (AvgIpc) is 3.04. The highest BCUT2D eigenvalue weighted by Gasteiger charge is 2.14. The molecule has 1 heterocycles. The Morgan fingerprint density at radius 2 is 1.96 bits per heavy atom. The highest BCUT2D eigenvalue weighted by atomic mass is 19.1. The van der Waals surface area contributed by atoms with Crippen molar-refractivity contribution in [1.82, 2.24) is 10.1 Å². The highest BCUT2D eigenvalue weighted by molar-refractivity contribution is 5.90. The second-order valence-electron chi connectivity index (χ2n) is 5.37. The summed E-state index contributed by atoms with van der Waals surface area (Å²) in [4.78, 5) is 16.2. The Morgan fingerprint density at radius 1 is 1.17 bits per heavy atom. The molecule has 3 aromatic rings.